The highest BCUT2D eigenvalue weighted by Crippen LogP contribution is 2.30. The Morgan fingerprint density at radius 1 is 1.08 bits per heavy atom. The molecule has 1 aromatic carbocycles. The predicted octanol–water partition coefficient (Wildman–Crippen LogP) is 3.76. The van der Waals surface area contributed by atoms with Crippen LogP contribution in [0.15, 0.2) is 48.7 Å². The van der Waals surface area contributed by atoms with Gasteiger partial charge in [0.15, 0.2) is 5.82 Å². The molecule has 1 aliphatic heterocycles. The number of ether oxygens (including phenoxy) is 1. The molecule has 5 nitrogen and oxygen atoms in total. The van der Waals surface area contributed by atoms with E-state index in [1.54, 1.807) is 0 Å². The fraction of sp³-hybridized carbons (Fsp3) is 0.333. The molecule has 3 heterocycles. The molecule has 0 atom stereocenters. The smallest absolute Gasteiger partial charge is 0.153 e. The van der Waals surface area contributed by atoms with Crippen LogP contribution in [-0.2, 0) is 13.0 Å². The first-order valence-corrected chi connectivity index (χ1v) is 9.04. The van der Waals surface area contributed by atoms with Crippen LogP contribution >= 0.6 is 0 Å². The SMILES string of the molecule is CC(C)(C)Oc1ccc(-c2nn(-c3ccccn3)c3c2CNCC3)cc1. The molecule has 5 heteroatoms. The van der Waals surface area contributed by atoms with Crippen LogP contribution in [0.2, 0.25) is 0 Å². The molecule has 0 saturated heterocycles. The lowest BCUT2D eigenvalue weighted by Crippen LogP contribution is -2.24. The van der Waals surface area contributed by atoms with Gasteiger partial charge in [-0.25, -0.2) is 9.67 Å². The molecule has 26 heavy (non-hydrogen) atoms. The number of rotatable bonds is 3. The molecule has 0 amide bonds. The number of nitrogens with zero attached hydrogens (tertiary/aromatic N) is 3. The summed E-state index contributed by atoms with van der Waals surface area (Å²) in [6.07, 6.45) is 2.76. The predicted molar refractivity (Wildman–Crippen MR) is 103 cm³/mol. The van der Waals surface area contributed by atoms with E-state index in [2.05, 4.69) is 43.2 Å². The lowest BCUT2D eigenvalue weighted by molar-refractivity contribution is 0.131. The van der Waals surface area contributed by atoms with E-state index in [4.69, 9.17) is 9.84 Å². The van der Waals surface area contributed by atoms with E-state index in [-0.39, 0.29) is 5.60 Å². The van der Waals surface area contributed by atoms with Gasteiger partial charge in [-0.05, 0) is 57.2 Å². The molecule has 2 aromatic heterocycles. The molecule has 0 bridgehead atoms. The van der Waals surface area contributed by atoms with Gasteiger partial charge in [0, 0.05) is 36.8 Å². The zero-order valence-corrected chi connectivity index (χ0v) is 15.5. The molecular formula is C21H24N4O. The largest absolute Gasteiger partial charge is 0.488 e. The van der Waals surface area contributed by atoms with Crippen LogP contribution in [0.5, 0.6) is 5.75 Å². The summed E-state index contributed by atoms with van der Waals surface area (Å²) in [4.78, 5) is 4.48. The van der Waals surface area contributed by atoms with E-state index in [0.717, 1.165) is 42.3 Å². The molecule has 134 valence electrons. The van der Waals surface area contributed by atoms with Crippen molar-refractivity contribution in [3.05, 3.63) is 59.9 Å². The minimum absolute atomic E-state index is 0.203. The Bertz CT molecular complexity index is 892. The molecular weight excluding hydrogens is 324 g/mol. The van der Waals surface area contributed by atoms with Gasteiger partial charge in [0.2, 0.25) is 0 Å². The summed E-state index contributed by atoms with van der Waals surface area (Å²) in [6.45, 7) is 7.95. The van der Waals surface area contributed by atoms with E-state index in [1.807, 2.05) is 41.2 Å². The lowest BCUT2D eigenvalue weighted by Gasteiger charge is -2.21. The van der Waals surface area contributed by atoms with Crippen LogP contribution < -0.4 is 10.1 Å². The average molecular weight is 348 g/mol. The van der Waals surface area contributed by atoms with Gasteiger partial charge in [-0.2, -0.15) is 5.10 Å². The van der Waals surface area contributed by atoms with Gasteiger partial charge >= 0.3 is 0 Å². The third-order valence-electron chi connectivity index (χ3n) is 4.35. The first-order valence-electron chi connectivity index (χ1n) is 9.04. The van der Waals surface area contributed by atoms with Gasteiger partial charge in [-0.3, -0.25) is 0 Å². The molecule has 1 aliphatic rings. The highest BCUT2D eigenvalue weighted by atomic mass is 16.5. The summed E-state index contributed by atoms with van der Waals surface area (Å²) < 4.78 is 7.92. The molecule has 0 aliphatic carbocycles. The van der Waals surface area contributed by atoms with Crippen molar-refractivity contribution < 1.29 is 4.74 Å². The van der Waals surface area contributed by atoms with Crippen molar-refractivity contribution in [2.24, 2.45) is 0 Å². The molecule has 0 unspecified atom stereocenters. The molecule has 0 fully saturated rings. The summed E-state index contributed by atoms with van der Waals surface area (Å²) in [5, 5.41) is 8.37. The van der Waals surface area contributed by atoms with E-state index in [0.29, 0.717) is 0 Å². The number of hydrogen-bond acceptors (Lipinski definition) is 4. The number of aromatic nitrogens is 3. The third kappa shape index (κ3) is 3.35. The van der Waals surface area contributed by atoms with Crippen LogP contribution in [0, 0.1) is 0 Å². The topological polar surface area (TPSA) is 52.0 Å². The molecule has 0 radical (unpaired) electrons. The number of pyridine rings is 1. The van der Waals surface area contributed by atoms with Gasteiger partial charge in [-0.15, -0.1) is 0 Å². The lowest BCUT2D eigenvalue weighted by atomic mass is 10.0. The van der Waals surface area contributed by atoms with Gasteiger partial charge in [0.25, 0.3) is 0 Å². The standard InChI is InChI=1S/C21H24N4O/c1-21(2,3)26-16-9-7-15(8-10-16)20-17-14-22-13-11-18(17)25(24-20)19-6-4-5-12-23-19/h4-10,12,22H,11,13-14H2,1-3H3. The molecule has 0 spiro atoms. The fourth-order valence-electron chi connectivity index (χ4n) is 3.28. The summed E-state index contributed by atoms with van der Waals surface area (Å²) in [7, 11) is 0. The highest BCUT2D eigenvalue weighted by molar-refractivity contribution is 5.66. The third-order valence-corrected chi connectivity index (χ3v) is 4.35. The van der Waals surface area contributed by atoms with Crippen LogP contribution in [-0.4, -0.2) is 26.9 Å². The van der Waals surface area contributed by atoms with Crippen molar-refractivity contribution >= 4 is 0 Å². The van der Waals surface area contributed by atoms with Crippen LogP contribution in [0.3, 0.4) is 0 Å². The Morgan fingerprint density at radius 2 is 1.88 bits per heavy atom. The zero-order chi connectivity index (χ0) is 18.1. The summed E-state index contributed by atoms with van der Waals surface area (Å²) in [6, 6.07) is 14.1. The maximum Gasteiger partial charge on any atom is 0.153 e. The van der Waals surface area contributed by atoms with Gasteiger partial charge in [0.05, 0.1) is 11.4 Å². The van der Waals surface area contributed by atoms with Gasteiger partial charge < -0.3 is 10.1 Å². The minimum Gasteiger partial charge on any atom is -0.488 e. The van der Waals surface area contributed by atoms with Crippen molar-refractivity contribution in [2.75, 3.05) is 6.54 Å². The fourth-order valence-corrected chi connectivity index (χ4v) is 3.28. The second kappa shape index (κ2) is 6.57. The van der Waals surface area contributed by atoms with Gasteiger partial charge in [-0.1, -0.05) is 6.07 Å². The van der Waals surface area contributed by atoms with Crippen molar-refractivity contribution in [2.45, 2.75) is 39.3 Å². The second-order valence-corrected chi connectivity index (χ2v) is 7.54. The van der Waals surface area contributed by atoms with Crippen LogP contribution in [0.25, 0.3) is 17.1 Å². The first-order chi connectivity index (χ1) is 12.5. The van der Waals surface area contributed by atoms with Crippen LogP contribution in [0.1, 0.15) is 32.0 Å². The monoisotopic (exact) mass is 348 g/mol. The van der Waals surface area contributed by atoms with Crippen molar-refractivity contribution in [1.82, 2.24) is 20.1 Å². The number of fused-ring (bicyclic) bond motifs is 1. The summed E-state index contributed by atoms with van der Waals surface area (Å²) >= 11 is 0. The maximum absolute atomic E-state index is 5.93. The normalized spacial score (nSPS) is 14.1. The quantitative estimate of drug-likeness (QED) is 0.783. The first kappa shape index (κ1) is 16.8. The van der Waals surface area contributed by atoms with Crippen molar-refractivity contribution in [3.63, 3.8) is 0 Å². The minimum atomic E-state index is -0.203. The summed E-state index contributed by atoms with van der Waals surface area (Å²) in [5.74, 6) is 1.74. The molecule has 0 saturated carbocycles. The number of benzene rings is 1. The van der Waals surface area contributed by atoms with E-state index in [1.165, 1.54) is 11.3 Å². The van der Waals surface area contributed by atoms with Crippen LogP contribution in [0.4, 0.5) is 0 Å². The highest BCUT2D eigenvalue weighted by Gasteiger charge is 2.23. The van der Waals surface area contributed by atoms with Crippen molar-refractivity contribution in [1.29, 1.82) is 0 Å². The molecule has 1 N–H and O–H groups in total. The molecule has 3 aromatic rings. The molecule has 4 rings (SSSR count). The Morgan fingerprint density at radius 3 is 2.58 bits per heavy atom. The van der Waals surface area contributed by atoms with E-state index >= 15 is 0 Å². The Labute approximate surface area is 154 Å². The maximum atomic E-state index is 5.93. The van der Waals surface area contributed by atoms with Gasteiger partial charge in [0.1, 0.15) is 11.4 Å². The van der Waals surface area contributed by atoms with E-state index in [9.17, 15) is 0 Å². The average Bonchev–Trinajstić information content (AvgIpc) is 3.02. The number of hydrogen-bond donors (Lipinski definition) is 1. The zero-order valence-electron chi connectivity index (χ0n) is 15.5. The van der Waals surface area contributed by atoms with E-state index < -0.39 is 0 Å². The Hall–Kier alpha value is -2.66. The Kier molecular flexibility index (Phi) is 4.24. The Balaban J connectivity index is 1.74. The second-order valence-electron chi connectivity index (χ2n) is 7.54. The summed E-state index contributed by atoms with van der Waals surface area (Å²) in [5.41, 5.74) is 4.41. The van der Waals surface area contributed by atoms with Crippen molar-refractivity contribution in [3.8, 4) is 22.8 Å². The number of nitrogens with one attached hydrogen (secondary N) is 1.